The van der Waals surface area contributed by atoms with Gasteiger partial charge in [-0.3, -0.25) is 4.79 Å². The minimum Gasteiger partial charge on any atom is -0.448 e. The Kier molecular flexibility index (Phi) is 10.8. The zero-order valence-corrected chi connectivity index (χ0v) is 19.2. The lowest BCUT2D eigenvalue weighted by atomic mass is 9.76. The predicted octanol–water partition coefficient (Wildman–Crippen LogP) is 3.48. The highest BCUT2D eigenvalue weighted by Crippen LogP contribution is 2.31. The van der Waals surface area contributed by atoms with Crippen LogP contribution >= 0.6 is 11.8 Å². The fourth-order valence-corrected chi connectivity index (χ4v) is 4.29. The molecule has 31 heavy (non-hydrogen) atoms. The maximum Gasteiger partial charge on any atom is 0.407 e. The average molecular weight is 446 g/mol. The molecule has 7 heteroatoms. The summed E-state index contributed by atoms with van der Waals surface area (Å²) < 4.78 is 5.40. The van der Waals surface area contributed by atoms with Crippen LogP contribution in [-0.2, 0) is 15.3 Å². The van der Waals surface area contributed by atoms with Crippen LogP contribution in [-0.4, -0.2) is 43.4 Å². The number of ether oxygens (including phenoxy) is 1. The summed E-state index contributed by atoms with van der Waals surface area (Å²) >= 11 is 1.64. The number of hydrogen-bond donors (Lipinski definition) is 3. The van der Waals surface area contributed by atoms with Crippen LogP contribution in [0.4, 0.5) is 4.79 Å². The molecule has 0 bridgehead atoms. The van der Waals surface area contributed by atoms with Gasteiger partial charge in [0.2, 0.25) is 0 Å². The van der Waals surface area contributed by atoms with Crippen molar-refractivity contribution in [1.29, 1.82) is 0 Å². The normalized spacial score (nSPS) is 18.5. The summed E-state index contributed by atoms with van der Waals surface area (Å²) in [5, 5.41) is 2.73. The standard InChI is InChI=1S/C24H35N3O3S/c1-19-8-10-20(11-9-19)16-31-17-21(26)22(28)24(12-4-2-5-13-24)18-30-23(29)27-15-7-3-6-14-25/h2,4-5,8-12,21H,3,6-7,13-18,25-26H2,1H3,(H,27,29)/t21-,24?/m0/s1. The number of nitrogens with one attached hydrogen (secondary N) is 1. The molecule has 1 aromatic rings. The average Bonchev–Trinajstić information content (AvgIpc) is 2.79. The number of nitrogens with two attached hydrogens (primary N) is 2. The summed E-state index contributed by atoms with van der Waals surface area (Å²) in [6, 6.07) is 7.71. The maximum absolute atomic E-state index is 13.2. The van der Waals surface area contributed by atoms with Gasteiger partial charge in [-0.1, -0.05) is 60.6 Å². The fraction of sp³-hybridized carbons (Fsp3) is 0.500. The number of Topliss-reactive ketones (excluding diaryl/α,β-unsaturated/α-hetero) is 1. The van der Waals surface area contributed by atoms with Crippen molar-refractivity contribution in [3.63, 3.8) is 0 Å². The lowest BCUT2D eigenvalue weighted by molar-refractivity contribution is -0.129. The van der Waals surface area contributed by atoms with Gasteiger partial charge in [0.25, 0.3) is 0 Å². The summed E-state index contributed by atoms with van der Waals surface area (Å²) in [4.78, 5) is 25.3. The number of ketones is 1. The minimum atomic E-state index is -0.907. The molecule has 0 fully saturated rings. The zero-order valence-electron chi connectivity index (χ0n) is 18.3. The van der Waals surface area contributed by atoms with Crippen molar-refractivity contribution in [2.75, 3.05) is 25.4 Å². The summed E-state index contributed by atoms with van der Waals surface area (Å²) in [5.74, 6) is 1.21. The van der Waals surface area contributed by atoms with Crippen molar-refractivity contribution >= 4 is 23.6 Å². The first-order valence-electron chi connectivity index (χ1n) is 10.8. The molecule has 0 radical (unpaired) electrons. The smallest absolute Gasteiger partial charge is 0.407 e. The molecule has 0 saturated carbocycles. The summed E-state index contributed by atoms with van der Waals surface area (Å²) in [6.07, 6.45) is 10.2. The van der Waals surface area contributed by atoms with Gasteiger partial charge in [-0.15, -0.1) is 0 Å². The first-order valence-corrected chi connectivity index (χ1v) is 12.0. The van der Waals surface area contributed by atoms with E-state index >= 15 is 0 Å². The number of allylic oxidation sites excluding steroid dienone is 3. The van der Waals surface area contributed by atoms with E-state index in [1.54, 1.807) is 11.8 Å². The van der Waals surface area contributed by atoms with Crippen LogP contribution in [0, 0.1) is 12.3 Å². The zero-order chi connectivity index (χ0) is 22.5. The van der Waals surface area contributed by atoms with Crippen molar-refractivity contribution in [3.8, 4) is 0 Å². The quantitative estimate of drug-likeness (QED) is 0.401. The van der Waals surface area contributed by atoms with Crippen molar-refractivity contribution < 1.29 is 14.3 Å². The van der Waals surface area contributed by atoms with E-state index in [1.807, 2.05) is 24.3 Å². The molecule has 1 aliphatic carbocycles. The summed E-state index contributed by atoms with van der Waals surface area (Å²) in [6.45, 7) is 3.22. The maximum atomic E-state index is 13.2. The van der Waals surface area contributed by atoms with Gasteiger partial charge in [0.15, 0.2) is 5.78 Å². The number of thioether (sulfide) groups is 1. The van der Waals surface area contributed by atoms with Crippen molar-refractivity contribution in [2.24, 2.45) is 16.9 Å². The van der Waals surface area contributed by atoms with Crippen LogP contribution in [0.25, 0.3) is 0 Å². The van der Waals surface area contributed by atoms with E-state index in [-0.39, 0.29) is 12.4 Å². The van der Waals surface area contributed by atoms with Crippen molar-refractivity contribution in [3.05, 3.63) is 59.7 Å². The van der Waals surface area contributed by atoms with Crippen LogP contribution in [0.5, 0.6) is 0 Å². The van der Waals surface area contributed by atoms with Crippen LogP contribution in [0.2, 0.25) is 0 Å². The molecule has 170 valence electrons. The first-order chi connectivity index (χ1) is 15.0. The van der Waals surface area contributed by atoms with Crippen LogP contribution in [0.3, 0.4) is 0 Å². The molecular weight excluding hydrogens is 410 g/mol. The van der Waals surface area contributed by atoms with Gasteiger partial charge < -0.3 is 21.5 Å². The van der Waals surface area contributed by atoms with Crippen LogP contribution in [0.15, 0.2) is 48.6 Å². The lowest BCUT2D eigenvalue weighted by Crippen LogP contribution is -2.47. The van der Waals surface area contributed by atoms with Gasteiger partial charge >= 0.3 is 6.09 Å². The molecule has 6 nitrogen and oxygen atoms in total. The second-order valence-corrected chi connectivity index (χ2v) is 9.00. The van der Waals surface area contributed by atoms with Crippen molar-refractivity contribution in [2.45, 2.75) is 44.4 Å². The SMILES string of the molecule is Cc1ccc(CSC[C@H](N)C(=O)C2(COC(=O)NCCCCCN)C=CC=CC2)cc1. The number of amides is 1. The summed E-state index contributed by atoms with van der Waals surface area (Å²) in [5.41, 5.74) is 13.2. The summed E-state index contributed by atoms with van der Waals surface area (Å²) in [7, 11) is 0. The molecule has 0 spiro atoms. The van der Waals surface area contributed by atoms with Crippen molar-refractivity contribution in [1.82, 2.24) is 5.32 Å². The molecule has 2 atom stereocenters. The Morgan fingerprint density at radius 3 is 2.65 bits per heavy atom. The number of carbonyl (C=O) groups is 2. The van der Waals surface area contributed by atoms with E-state index in [0.717, 1.165) is 25.0 Å². The van der Waals surface area contributed by atoms with E-state index < -0.39 is 17.6 Å². The molecule has 1 amide bonds. The minimum absolute atomic E-state index is 0.0162. The van der Waals surface area contributed by atoms with E-state index in [1.165, 1.54) is 11.1 Å². The highest BCUT2D eigenvalue weighted by atomic mass is 32.2. The Hall–Kier alpha value is -2.09. The van der Waals surface area contributed by atoms with Gasteiger partial charge in [-0.05, 0) is 38.3 Å². The lowest BCUT2D eigenvalue weighted by Gasteiger charge is -2.31. The topological polar surface area (TPSA) is 107 Å². The third-order valence-electron chi connectivity index (χ3n) is 5.27. The number of unbranched alkanes of at least 4 members (excludes halogenated alkanes) is 2. The monoisotopic (exact) mass is 445 g/mol. The highest BCUT2D eigenvalue weighted by Gasteiger charge is 2.40. The second-order valence-electron chi connectivity index (χ2n) is 7.97. The molecule has 0 saturated heterocycles. The molecule has 5 N–H and O–H groups in total. The number of hydrogen-bond acceptors (Lipinski definition) is 6. The second kappa shape index (κ2) is 13.3. The van der Waals surface area contributed by atoms with Gasteiger partial charge in [-0.2, -0.15) is 11.8 Å². The van der Waals surface area contributed by atoms with E-state index in [2.05, 4.69) is 36.5 Å². The van der Waals surface area contributed by atoms with E-state index in [4.69, 9.17) is 16.2 Å². The van der Waals surface area contributed by atoms with Gasteiger partial charge in [0.05, 0.1) is 11.5 Å². The molecule has 0 aromatic heterocycles. The molecule has 0 aliphatic heterocycles. The third kappa shape index (κ3) is 8.51. The molecule has 1 unspecified atom stereocenters. The highest BCUT2D eigenvalue weighted by molar-refractivity contribution is 7.98. The number of aryl methyl sites for hydroxylation is 1. The van der Waals surface area contributed by atoms with E-state index in [0.29, 0.717) is 25.3 Å². The Bertz CT molecular complexity index is 764. The first kappa shape index (κ1) is 25.2. The number of carbonyl (C=O) groups excluding carboxylic acids is 2. The Labute approximate surface area is 189 Å². The number of benzene rings is 1. The fourth-order valence-electron chi connectivity index (χ4n) is 3.34. The Morgan fingerprint density at radius 2 is 1.97 bits per heavy atom. The Morgan fingerprint density at radius 1 is 1.19 bits per heavy atom. The molecule has 1 aliphatic rings. The molecule has 0 heterocycles. The predicted molar refractivity (Wildman–Crippen MR) is 128 cm³/mol. The largest absolute Gasteiger partial charge is 0.448 e. The molecule has 2 rings (SSSR count). The van der Waals surface area contributed by atoms with Gasteiger partial charge in [0.1, 0.15) is 6.61 Å². The Balaban J connectivity index is 1.84. The third-order valence-corrected chi connectivity index (χ3v) is 6.40. The van der Waals surface area contributed by atoms with Crippen LogP contribution in [0.1, 0.15) is 36.8 Å². The van der Waals surface area contributed by atoms with Gasteiger partial charge in [0, 0.05) is 18.1 Å². The number of rotatable bonds is 13. The number of alkyl carbamates (subject to hydrolysis) is 1. The van der Waals surface area contributed by atoms with Gasteiger partial charge in [-0.25, -0.2) is 4.79 Å². The molecule has 1 aromatic carbocycles. The molecular formula is C24H35N3O3S. The van der Waals surface area contributed by atoms with E-state index in [9.17, 15) is 9.59 Å². The van der Waals surface area contributed by atoms with Crippen LogP contribution < -0.4 is 16.8 Å².